The van der Waals surface area contributed by atoms with Gasteiger partial charge in [0.25, 0.3) is 0 Å². The average molecular weight is 211 g/mol. The summed E-state index contributed by atoms with van der Waals surface area (Å²) in [5.74, 6) is 0.342. The van der Waals surface area contributed by atoms with Crippen molar-refractivity contribution < 1.29 is 4.79 Å². The van der Waals surface area contributed by atoms with Crippen molar-refractivity contribution in [1.82, 2.24) is 15.8 Å². The summed E-state index contributed by atoms with van der Waals surface area (Å²) in [5.41, 5.74) is 3.09. The van der Waals surface area contributed by atoms with Crippen LogP contribution in [0.5, 0.6) is 0 Å². The molecule has 2 N–H and O–H groups in total. The number of carbonyl (C=O) groups is 1. The molecule has 4 nitrogen and oxygen atoms in total. The monoisotopic (exact) mass is 211 g/mol. The van der Waals surface area contributed by atoms with Gasteiger partial charge in [-0.2, -0.15) is 0 Å². The average Bonchev–Trinajstić information content (AvgIpc) is 2.61. The summed E-state index contributed by atoms with van der Waals surface area (Å²) in [6.45, 7) is 7.99. The Kier molecular flexibility index (Phi) is 2.83. The Morgan fingerprint density at radius 2 is 2.07 bits per heavy atom. The zero-order valence-corrected chi connectivity index (χ0v) is 9.84. The minimum absolute atomic E-state index is 0.0474. The van der Waals surface area contributed by atoms with E-state index in [0.29, 0.717) is 11.9 Å². The highest BCUT2D eigenvalue weighted by molar-refractivity contribution is 5.88. The minimum Gasteiger partial charge on any atom is -0.297 e. The van der Waals surface area contributed by atoms with Crippen LogP contribution in [-0.4, -0.2) is 36.1 Å². The summed E-state index contributed by atoms with van der Waals surface area (Å²) in [6.07, 6.45) is 2.36. The summed E-state index contributed by atoms with van der Waals surface area (Å²) in [4.78, 5) is 12.1. The second-order valence-electron chi connectivity index (χ2n) is 5.53. The van der Waals surface area contributed by atoms with Crippen LogP contribution < -0.4 is 10.7 Å². The van der Waals surface area contributed by atoms with Gasteiger partial charge in [0, 0.05) is 18.5 Å². The van der Waals surface area contributed by atoms with Crippen molar-refractivity contribution in [2.75, 3.05) is 13.1 Å². The summed E-state index contributed by atoms with van der Waals surface area (Å²) in [6, 6.07) is 0.0474. The first kappa shape index (κ1) is 11.0. The zero-order valence-electron chi connectivity index (χ0n) is 9.84. The molecule has 0 aromatic heterocycles. The van der Waals surface area contributed by atoms with Gasteiger partial charge >= 0.3 is 0 Å². The number of hydrogen-bond acceptors (Lipinski definition) is 4. The van der Waals surface area contributed by atoms with Crippen LogP contribution in [-0.2, 0) is 4.79 Å². The van der Waals surface area contributed by atoms with Crippen LogP contribution in [0.3, 0.4) is 0 Å². The molecule has 0 aromatic rings. The van der Waals surface area contributed by atoms with E-state index >= 15 is 0 Å². The third kappa shape index (κ3) is 2.22. The number of carbonyl (C=O) groups excluding carboxylic acids is 1. The molecular weight excluding hydrogens is 190 g/mol. The maximum atomic E-state index is 12.1. The molecule has 0 amide bonds. The minimum atomic E-state index is -0.230. The first-order valence-electron chi connectivity index (χ1n) is 5.79. The number of nitrogens with zero attached hydrogens (tertiary/aromatic N) is 1. The predicted octanol–water partition coefficient (Wildman–Crippen LogP) is 0.500. The van der Waals surface area contributed by atoms with E-state index in [-0.39, 0.29) is 11.5 Å². The standard InChI is InChI=1S/C11H21N3O/c1-11(2,3)10(15)8-5-7-14-9(13-8)4-6-12-14/h8-9,12-13H,4-7H2,1-3H3. The van der Waals surface area contributed by atoms with Crippen LogP contribution in [0.15, 0.2) is 0 Å². The highest BCUT2D eigenvalue weighted by Crippen LogP contribution is 2.22. The number of rotatable bonds is 1. The molecule has 2 unspecified atom stereocenters. The largest absolute Gasteiger partial charge is 0.297 e. The number of Topliss-reactive ketones (excluding diaryl/α,β-unsaturated/α-hetero) is 1. The van der Waals surface area contributed by atoms with E-state index in [1.54, 1.807) is 0 Å². The first-order chi connectivity index (χ1) is 6.98. The van der Waals surface area contributed by atoms with Crippen LogP contribution in [0.1, 0.15) is 33.6 Å². The van der Waals surface area contributed by atoms with Crippen molar-refractivity contribution in [1.29, 1.82) is 0 Å². The lowest BCUT2D eigenvalue weighted by atomic mass is 9.84. The van der Waals surface area contributed by atoms with Gasteiger partial charge in [0.2, 0.25) is 0 Å². The van der Waals surface area contributed by atoms with Gasteiger partial charge in [-0.15, -0.1) is 0 Å². The van der Waals surface area contributed by atoms with E-state index < -0.39 is 0 Å². The first-order valence-corrected chi connectivity index (χ1v) is 5.79. The third-order valence-corrected chi connectivity index (χ3v) is 3.22. The van der Waals surface area contributed by atoms with Crippen LogP contribution in [0, 0.1) is 5.41 Å². The van der Waals surface area contributed by atoms with E-state index in [9.17, 15) is 4.79 Å². The second kappa shape index (κ2) is 3.85. The van der Waals surface area contributed by atoms with Gasteiger partial charge in [-0.3, -0.25) is 15.5 Å². The number of fused-ring (bicyclic) bond motifs is 1. The van der Waals surface area contributed by atoms with Crippen molar-refractivity contribution in [2.45, 2.75) is 45.8 Å². The predicted molar refractivity (Wildman–Crippen MR) is 59.1 cm³/mol. The van der Waals surface area contributed by atoms with E-state index in [1.807, 2.05) is 20.8 Å². The van der Waals surface area contributed by atoms with Crippen LogP contribution >= 0.6 is 0 Å². The molecule has 2 rings (SSSR count). The fourth-order valence-corrected chi connectivity index (χ4v) is 2.33. The molecule has 2 heterocycles. The molecule has 2 aliphatic rings. The lowest BCUT2D eigenvalue weighted by Gasteiger charge is -2.37. The fraction of sp³-hybridized carbons (Fsp3) is 0.909. The van der Waals surface area contributed by atoms with Crippen LogP contribution in [0.2, 0.25) is 0 Å². The Balaban J connectivity index is 1.98. The van der Waals surface area contributed by atoms with Crippen molar-refractivity contribution in [2.24, 2.45) is 5.41 Å². The molecule has 86 valence electrons. The Morgan fingerprint density at radius 3 is 2.73 bits per heavy atom. The number of hydrazine groups is 1. The Bertz CT molecular complexity index is 259. The summed E-state index contributed by atoms with van der Waals surface area (Å²) in [7, 11) is 0. The Morgan fingerprint density at radius 1 is 1.33 bits per heavy atom. The lowest BCUT2D eigenvalue weighted by molar-refractivity contribution is -0.130. The highest BCUT2D eigenvalue weighted by Gasteiger charge is 2.37. The molecule has 2 saturated heterocycles. The molecule has 2 fully saturated rings. The van der Waals surface area contributed by atoms with Crippen molar-refractivity contribution in [3.05, 3.63) is 0 Å². The number of nitrogens with one attached hydrogen (secondary N) is 2. The van der Waals surface area contributed by atoms with Crippen LogP contribution in [0.25, 0.3) is 0 Å². The molecule has 0 aliphatic carbocycles. The molecule has 2 aliphatic heterocycles. The molecule has 0 aromatic carbocycles. The SMILES string of the molecule is CC(C)(C)C(=O)C1CCN2NCCC2N1. The Hall–Kier alpha value is -0.450. The molecule has 4 heteroatoms. The van der Waals surface area contributed by atoms with Gasteiger partial charge in [-0.25, -0.2) is 5.01 Å². The molecule has 0 bridgehead atoms. The zero-order chi connectivity index (χ0) is 11.1. The summed E-state index contributed by atoms with van der Waals surface area (Å²) in [5, 5.41) is 5.65. The maximum Gasteiger partial charge on any atom is 0.155 e. The summed E-state index contributed by atoms with van der Waals surface area (Å²) < 4.78 is 0. The number of hydrogen-bond donors (Lipinski definition) is 2. The fourth-order valence-electron chi connectivity index (χ4n) is 2.33. The molecule has 15 heavy (non-hydrogen) atoms. The van der Waals surface area contributed by atoms with Gasteiger partial charge in [0.05, 0.1) is 12.2 Å². The topological polar surface area (TPSA) is 44.4 Å². The third-order valence-electron chi connectivity index (χ3n) is 3.22. The van der Waals surface area contributed by atoms with E-state index in [4.69, 9.17) is 0 Å². The molecular formula is C11H21N3O. The van der Waals surface area contributed by atoms with Crippen molar-refractivity contribution in [3.8, 4) is 0 Å². The molecule has 0 radical (unpaired) electrons. The van der Waals surface area contributed by atoms with E-state index in [1.165, 1.54) is 0 Å². The summed E-state index contributed by atoms with van der Waals surface area (Å²) >= 11 is 0. The Labute approximate surface area is 91.4 Å². The normalized spacial score (nSPS) is 32.7. The van der Waals surface area contributed by atoms with Gasteiger partial charge < -0.3 is 0 Å². The second-order valence-corrected chi connectivity index (χ2v) is 5.53. The van der Waals surface area contributed by atoms with Crippen LogP contribution in [0.4, 0.5) is 0 Å². The molecule has 2 atom stereocenters. The quantitative estimate of drug-likeness (QED) is 0.663. The van der Waals surface area contributed by atoms with Gasteiger partial charge in [0.15, 0.2) is 5.78 Å². The highest BCUT2D eigenvalue weighted by atomic mass is 16.1. The maximum absolute atomic E-state index is 12.1. The number of ketones is 1. The smallest absolute Gasteiger partial charge is 0.155 e. The van der Waals surface area contributed by atoms with Gasteiger partial charge in [-0.05, 0) is 12.8 Å². The molecule has 0 saturated carbocycles. The van der Waals surface area contributed by atoms with E-state index in [0.717, 1.165) is 25.9 Å². The lowest BCUT2D eigenvalue weighted by Crippen LogP contribution is -2.59. The van der Waals surface area contributed by atoms with Crippen molar-refractivity contribution >= 4 is 5.78 Å². The van der Waals surface area contributed by atoms with E-state index in [2.05, 4.69) is 15.8 Å². The van der Waals surface area contributed by atoms with Gasteiger partial charge in [-0.1, -0.05) is 20.8 Å². The van der Waals surface area contributed by atoms with Gasteiger partial charge in [0.1, 0.15) is 0 Å². The van der Waals surface area contributed by atoms with Crippen molar-refractivity contribution in [3.63, 3.8) is 0 Å². The molecule has 0 spiro atoms.